The number of rotatable bonds is 10. The smallest absolute Gasteiger partial charge is 0.329 e. The highest BCUT2D eigenvalue weighted by molar-refractivity contribution is 5.68. The highest BCUT2D eigenvalue weighted by Crippen LogP contribution is 2.39. The Morgan fingerprint density at radius 2 is 0.420 bits per heavy atom. The van der Waals surface area contributed by atoms with Gasteiger partial charge in [-0.05, 0) is 0 Å². The molecule has 21 aliphatic rings. The highest BCUT2D eigenvalue weighted by Gasteiger charge is 2.59. The summed E-state index contributed by atoms with van der Waals surface area (Å²) in [6.45, 7) is -8.26. The van der Waals surface area contributed by atoms with Gasteiger partial charge in [0.1, 0.15) is 178 Å². The van der Waals surface area contributed by atoms with E-state index in [1.54, 1.807) is 0 Å². The number of carboxylic acids is 1. The summed E-state index contributed by atoms with van der Waals surface area (Å²) in [5.74, 6) is -1.50. The van der Waals surface area contributed by atoms with E-state index in [1.165, 1.54) is 0 Å². The van der Waals surface area contributed by atoms with Crippen LogP contribution in [-0.2, 0) is 75.8 Å². The molecule has 0 aliphatic carbocycles. The number of carboxylic acid groups (broad SMARTS) is 1. The highest BCUT2D eigenvalue weighted by atomic mass is 16.8. The number of aliphatic hydroxyl groups is 20. The lowest BCUT2D eigenvalue weighted by Crippen LogP contribution is -2.68. The molecule has 37 heteroatoms. The SMILES string of the molecule is O=C(O)COCC1OC2OC3C(CO)OC(OC4C(CO)OC(OC5C(CO)OC(OC6C(CO)OC(OC7C(CO)OC(OC8C(CO)OC(OC1C(O)C2O)C(O)C8O)C(O)C7O)C(O)C6O)C(O)C5O)C(O)C4O)C(O)C3O. The van der Waals surface area contributed by atoms with Gasteiger partial charge in [-0.3, -0.25) is 0 Å². The van der Waals surface area contributed by atoms with Crippen LogP contribution in [0.3, 0.4) is 0 Å². The van der Waals surface area contributed by atoms with Crippen molar-refractivity contribution in [2.45, 2.75) is 215 Å². The normalized spacial score (nSPS) is 53.2. The Labute approximate surface area is 456 Å². The van der Waals surface area contributed by atoms with E-state index >= 15 is 0 Å². The van der Waals surface area contributed by atoms with Crippen molar-refractivity contribution in [1.82, 2.24) is 0 Å². The summed E-state index contributed by atoms with van der Waals surface area (Å²) in [6, 6.07) is 0. The maximum Gasteiger partial charge on any atom is 0.329 e. The molecule has 21 saturated heterocycles. The molecule has 21 aliphatic heterocycles. The summed E-state index contributed by atoms with van der Waals surface area (Å²) < 4.78 is 85.1. The van der Waals surface area contributed by atoms with Crippen LogP contribution >= 0.6 is 0 Å². The Kier molecular flexibility index (Phi) is 22.4. The Bertz CT molecular complexity index is 1950. The lowest BCUT2D eigenvalue weighted by molar-refractivity contribution is -0.396. The number of ether oxygens (including phenoxy) is 15. The van der Waals surface area contributed by atoms with Crippen molar-refractivity contribution < 1.29 is 183 Å². The summed E-state index contributed by atoms with van der Waals surface area (Å²) in [5, 5.41) is 231. The van der Waals surface area contributed by atoms with Crippen molar-refractivity contribution in [2.75, 3.05) is 52.9 Å². The molecular weight excluding hydrogens is 1120 g/mol. The van der Waals surface area contributed by atoms with Crippen LogP contribution in [0.5, 0.6) is 0 Å². The molecule has 0 aromatic rings. The second-order valence-corrected chi connectivity index (χ2v) is 20.4. The molecule has 21 heterocycles. The molecule has 35 atom stereocenters. The van der Waals surface area contributed by atoms with Gasteiger partial charge in [0, 0.05) is 0 Å². The molecule has 0 aromatic carbocycles. The van der Waals surface area contributed by atoms with Crippen LogP contribution < -0.4 is 0 Å². The Morgan fingerprint density at radius 3 is 0.580 bits per heavy atom. The number of aliphatic hydroxyl groups excluding tert-OH is 20. The predicted molar refractivity (Wildman–Crippen MR) is 240 cm³/mol. The second-order valence-electron chi connectivity index (χ2n) is 20.4. The van der Waals surface area contributed by atoms with Crippen molar-refractivity contribution in [3.8, 4) is 0 Å². The topological polar surface area (TPSA) is 580 Å². The predicted octanol–water partition coefficient (Wildman–Crippen LogP) is -15.1. The Hall–Kier alpha value is -1.93. The average Bonchev–Trinajstić information content (AvgIpc) is 3.49. The van der Waals surface area contributed by atoms with Gasteiger partial charge in [0.2, 0.25) is 0 Å². The van der Waals surface area contributed by atoms with E-state index in [4.69, 9.17) is 71.1 Å². The fourth-order valence-electron chi connectivity index (χ4n) is 10.7. The molecular formula is C44H72O37. The quantitative estimate of drug-likeness (QED) is 0.0966. The molecule has 0 saturated carbocycles. The molecule has 0 radical (unpaired) electrons. The van der Waals surface area contributed by atoms with Gasteiger partial charge in [0.25, 0.3) is 0 Å². The first-order valence-electron chi connectivity index (χ1n) is 25.7. The van der Waals surface area contributed by atoms with Crippen LogP contribution in [0.2, 0.25) is 0 Å². The maximum absolute atomic E-state index is 11.5. The first kappa shape index (κ1) is 65.1. The van der Waals surface area contributed by atoms with E-state index in [2.05, 4.69) is 0 Å². The summed E-state index contributed by atoms with van der Waals surface area (Å²) in [6.07, 6.45) is -71.5. The fourth-order valence-corrected chi connectivity index (χ4v) is 10.7. The van der Waals surface area contributed by atoms with Crippen molar-refractivity contribution in [2.24, 2.45) is 0 Å². The third-order valence-electron chi connectivity index (χ3n) is 15.1. The van der Waals surface area contributed by atoms with Gasteiger partial charge in [-0.1, -0.05) is 0 Å². The Morgan fingerprint density at radius 1 is 0.259 bits per heavy atom. The standard InChI is InChI=1S/C44H72O37/c45-1-9-31-18(54)25(61)39(69-9)77-33-11(3-47)71-41(27(63)20(33)56)79-35-13(5-49)73-43(29(65)22(35)58)81-37-15(7-67-8-16(51)52)74-44(30(66)23(37)59)80-36-14(6-50)72-42(28(64)21(36)57)78-34-12(4-48)70-40(26(62)19(34)55)76-32-10(2-46)68-38(75-31)24(60)17(32)53/h9-15,17-50,53-66H,1-8H2,(H,51,52). The lowest BCUT2D eigenvalue weighted by Gasteiger charge is -2.50. The first-order chi connectivity index (χ1) is 38.5. The molecule has 37 nitrogen and oxygen atoms in total. The van der Waals surface area contributed by atoms with Gasteiger partial charge in [-0.15, -0.1) is 0 Å². The van der Waals surface area contributed by atoms with Crippen LogP contribution in [0.25, 0.3) is 0 Å². The molecule has 21 rings (SSSR count). The third-order valence-corrected chi connectivity index (χ3v) is 15.1. The van der Waals surface area contributed by atoms with Crippen LogP contribution in [0.4, 0.5) is 0 Å². The minimum absolute atomic E-state index is 0.832. The molecule has 21 N–H and O–H groups in total. The van der Waals surface area contributed by atoms with E-state index in [1.807, 2.05) is 0 Å². The van der Waals surface area contributed by atoms with E-state index in [-0.39, 0.29) is 0 Å². The van der Waals surface area contributed by atoms with Crippen molar-refractivity contribution in [3.05, 3.63) is 0 Å². The molecule has 0 spiro atoms. The molecule has 14 bridgehead atoms. The van der Waals surface area contributed by atoms with Crippen LogP contribution in [0.1, 0.15) is 0 Å². The van der Waals surface area contributed by atoms with E-state index in [0.717, 1.165) is 0 Å². The van der Waals surface area contributed by atoms with Crippen molar-refractivity contribution in [1.29, 1.82) is 0 Å². The second kappa shape index (κ2) is 27.8. The summed E-state index contributed by atoms with van der Waals surface area (Å²) in [5.41, 5.74) is 0. The minimum atomic E-state index is -2.27. The van der Waals surface area contributed by atoms with E-state index in [0.29, 0.717) is 0 Å². The van der Waals surface area contributed by atoms with Crippen LogP contribution in [0, 0.1) is 0 Å². The molecule has 21 fully saturated rings. The van der Waals surface area contributed by atoms with Crippen molar-refractivity contribution in [3.63, 3.8) is 0 Å². The van der Waals surface area contributed by atoms with Gasteiger partial charge in [-0.25, -0.2) is 4.79 Å². The van der Waals surface area contributed by atoms with Gasteiger partial charge in [0.05, 0.1) is 46.2 Å². The molecule has 0 aromatic heterocycles. The first-order valence-corrected chi connectivity index (χ1v) is 25.7. The van der Waals surface area contributed by atoms with Gasteiger partial charge in [0.15, 0.2) is 44.0 Å². The summed E-state index contributed by atoms with van der Waals surface area (Å²) in [4.78, 5) is 11.4. The van der Waals surface area contributed by atoms with Gasteiger partial charge >= 0.3 is 5.97 Å². The largest absolute Gasteiger partial charge is 0.480 e. The molecule has 81 heavy (non-hydrogen) atoms. The summed E-state index contributed by atoms with van der Waals surface area (Å²) >= 11 is 0. The Balaban J connectivity index is 1.09. The number of carbonyl (C=O) groups is 1. The van der Waals surface area contributed by atoms with Crippen molar-refractivity contribution >= 4 is 5.97 Å². The van der Waals surface area contributed by atoms with Crippen LogP contribution in [0.15, 0.2) is 0 Å². The fraction of sp³-hybridized carbons (Fsp3) is 0.977. The van der Waals surface area contributed by atoms with E-state index < -0.39 is 274 Å². The zero-order chi connectivity index (χ0) is 59.0. The number of aliphatic carboxylic acids is 1. The monoisotopic (exact) mass is 1190 g/mol. The number of hydrogen-bond donors (Lipinski definition) is 21. The minimum Gasteiger partial charge on any atom is -0.480 e. The van der Waals surface area contributed by atoms with Gasteiger partial charge in [-0.2, -0.15) is 0 Å². The third kappa shape index (κ3) is 13.3. The van der Waals surface area contributed by atoms with Crippen LogP contribution in [-0.4, -0.2) is 381 Å². The number of hydrogen-bond acceptors (Lipinski definition) is 36. The maximum atomic E-state index is 11.5. The molecule has 470 valence electrons. The zero-order valence-electron chi connectivity index (χ0n) is 42.3. The summed E-state index contributed by atoms with van der Waals surface area (Å²) in [7, 11) is 0. The zero-order valence-corrected chi connectivity index (χ0v) is 42.3. The average molecular weight is 1190 g/mol. The molecule has 0 amide bonds. The molecule has 35 unspecified atom stereocenters. The van der Waals surface area contributed by atoms with Gasteiger partial charge < -0.3 is 178 Å². The van der Waals surface area contributed by atoms with E-state index in [9.17, 15) is 112 Å². The lowest BCUT2D eigenvalue weighted by atomic mass is 9.95.